The molecule has 0 N–H and O–H groups in total. The summed E-state index contributed by atoms with van der Waals surface area (Å²) in [7, 11) is 0. The molecule has 17 heavy (non-hydrogen) atoms. The molecule has 1 aromatic rings. The Morgan fingerprint density at radius 3 is 3.06 bits per heavy atom. The zero-order valence-corrected chi connectivity index (χ0v) is 11.9. The predicted octanol–water partition coefficient (Wildman–Crippen LogP) is 1.27. The fourth-order valence-electron chi connectivity index (χ4n) is 1.51. The number of ketones is 1. The molecule has 0 bridgehead atoms. The molecule has 4 nitrogen and oxygen atoms in total. The summed E-state index contributed by atoms with van der Waals surface area (Å²) in [5.41, 5.74) is 0. The van der Waals surface area contributed by atoms with Crippen molar-refractivity contribution < 1.29 is 9.59 Å². The SMILES string of the molecule is CC(=O)N=C1[Se]CCN1CC(=O)c1cccs1. The summed E-state index contributed by atoms with van der Waals surface area (Å²) in [6.07, 6.45) is 0. The Bertz CT molecular complexity index is 456. The molecule has 90 valence electrons. The predicted molar refractivity (Wildman–Crippen MR) is 68.9 cm³/mol. The van der Waals surface area contributed by atoms with Crippen LogP contribution in [0.5, 0.6) is 0 Å². The summed E-state index contributed by atoms with van der Waals surface area (Å²) >= 11 is 1.69. The Morgan fingerprint density at radius 2 is 2.41 bits per heavy atom. The van der Waals surface area contributed by atoms with Gasteiger partial charge in [-0.3, -0.25) is 0 Å². The minimum absolute atomic E-state index is 0.106. The fourth-order valence-corrected chi connectivity index (χ4v) is 4.32. The van der Waals surface area contributed by atoms with Crippen LogP contribution < -0.4 is 0 Å². The van der Waals surface area contributed by atoms with Gasteiger partial charge in [0.15, 0.2) is 0 Å². The van der Waals surface area contributed by atoms with E-state index in [4.69, 9.17) is 0 Å². The third-order valence-electron chi connectivity index (χ3n) is 2.25. The van der Waals surface area contributed by atoms with Gasteiger partial charge in [0.05, 0.1) is 0 Å². The van der Waals surface area contributed by atoms with Crippen LogP contribution in [0.4, 0.5) is 0 Å². The maximum atomic E-state index is 11.9. The van der Waals surface area contributed by atoms with Gasteiger partial charge in [0.25, 0.3) is 0 Å². The van der Waals surface area contributed by atoms with Crippen LogP contribution >= 0.6 is 11.3 Å². The molecule has 0 aromatic carbocycles. The maximum absolute atomic E-state index is 11.9. The van der Waals surface area contributed by atoms with Crippen LogP contribution in [-0.4, -0.2) is 49.4 Å². The number of rotatable bonds is 3. The molecule has 0 saturated carbocycles. The standard InChI is InChI=1S/C11H12N2O2SSe/c1-8(14)12-11-13(4-6-17-11)7-9(15)10-3-2-5-16-10/h2-3,5H,4,6-7H2,1H3. The van der Waals surface area contributed by atoms with Crippen LogP contribution in [0.1, 0.15) is 16.6 Å². The number of hydrogen-bond acceptors (Lipinski definition) is 3. The van der Waals surface area contributed by atoms with Crippen LogP contribution in [-0.2, 0) is 4.79 Å². The molecule has 0 unspecified atom stereocenters. The van der Waals surface area contributed by atoms with Gasteiger partial charge in [0, 0.05) is 0 Å². The fraction of sp³-hybridized carbons (Fsp3) is 0.364. The van der Waals surface area contributed by atoms with Crippen molar-refractivity contribution >= 4 is 42.7 Å². The molecule has 2 rings (SSSR count). The summed E-state index contributed by atoms with van der Waals surface area (Å²) < 4.78 is 0.815. The van der Waals surface area contributed by atoms with Crippen molar-refractivity contribution in [3.63, 3.8) is 0 Å². The number of nitrogens with zero attached hydrogens (tertiary/aromatic N) is 2. The van der Waals surface area contributed by atoms with E-state index in [1.807, 2.05) is 22.4 Å². The Labute approximate surface area is 110 Å². The second kappa shape index (κ2) is 5.58. The normalized spacial score (nSPS) is 17.7. The topological polar surface area (TPSA) is 49.7 Å². The van der Waals surface area contributed by atoms with Gasteiger partial charge in [0.1, 0.15) is 0 Å². The third-order valence-corrected chi connectivity index (χ3v) is 5.24. The van der Waals surface area contributed by atoms with E-state index in [2.05, 4.69) is 4.99 Å². The Kier molecular flexibility index (Phi) is 4.10. The van der Waals surface area contributed by atoms with Crippen LogP contribution in [0.25, 0.3) is 0 Å². The molecule has 0 radical (unpaired) electrons. The molecule has 0 atom stereocenters. The first-order valence-electron chi connectivity index (χ1n) is 5.20. The number of Topliss-reactive ketones (excluding diaryl/α,β-unsaturated/α-hetero) is 1. The number of amides is 1. The van der Waals surface area contributed by atoms with Gasteiger partial charge in [-0.25, -0.2) is 0 Å². The molecular weight excluding hydrogens is 303 g/mol. The Morgan fingerprint density at radius 1 is 1.59 bits per heavy atom. The van der Waals surface area contributed by atoms with Crippen molar-refractivity contribution in [2.45, 2.75) is 12.2 Å². The summed E-state index contributed by atoms with van der Waals surface area (Å²) in [5.74, 6) is -0.0775. The molecule has 1 aliphatic heterocycles. The number of carbonyl (C=O) groups excluding carboxylic acids is 2. The number of hydrogen-bond donors (Lipinski definition) is 0. The van der Waals surface area contributed by atoms with E-state index < -0.39 is 0 Å². The average molecular weight is 315 g/mol. The van der Waals surface area contributed by atoms with Crippen LogP contribution in [0, 0.1) is 0 Å². The Hall–Kier alpha value is -0.971. The quantitative estimate of drug-likeness (QED) is 0.623. The number of amidine groups is 1. The van der Waals surface area contributed by atoms with Gasteiger partial charge >= 0.3 is 110 Å². The van der Waals surface area contributed by atoms with Gasteiger partial charge in [0.2, 0.25) is 0 Å². The zero-order valence-electron chi connectivity index (χ0n) is 9.38. The molecule has 0 spiro atoms. The number of thiophene rings is 1. The second-order valence-electron chi connectivity index (χ2n) is 3.58. The van der Waals surface area contributed by atoms with E-state index in [1.54, 1.807) is 0 Å². The van der Waals surface area contributed by atoms with Crippen molar-refractivity contribution in [3.05, 3.63) is 22.4 Å². The molecule has 1 aromatic heterocycles. The molecule has 1 aliphatic rings. The molecular formula is C11H12N2O2SSe. The van der Waals surface area contributed by atoms with Gasteiger partial charge in [-0.05, 0) is 0 Å². The van der Waals surface area contributed by atoms with Crippen molar-refractivity contribution in [1.82, 2.24) is 4.90 Å². The molecule has 0 aliphatic carbocycles. The van der Waals surface area contributed by atoms with Gasteiger partial charge in [-0.2, -0.15) is 0 Å². The van der Waals surface area contributed by atoms with E-state index in [-0.39, 0.29) is 26.6 Å². The van der Waals surface area contributed by atoms with E-state index in [9.17, 15) is 9.59 Å². The van der Waals surface area contributed by atoms with Gasteiger partial charge in [-0.15, -0.1) is 0 Å². The first kappa shape index (κ1) is 12.5. The van der Waals surface area contributed by atoms with E-state index in [1.165, 1.54) is 18.3 Å². The molecule has 1 saturated heterocycles. The first-order valence-corrected chi connectivity index (χ1v) is 8.15. The number of aliphatic imine (C=N–C) groups is 1. The number of carbonyl (C=O) groups is 2. The van der Waals surface area contributed by atoms with Crippen LogP contribution in [0.2, 0.25) is 5.32 Å². The summed E-state index contributed by atoms with van der Waals surface area (Å²) in [4.78, 5) is 29.6. The molecule has 1 amide bonds. The van der Waals surface area contributed by atoms with E-state index in [0.29, 0.717) is 6.54 Å². The molecule has 2 heterocycles. The van der Waals surface area contributed by atoms with Crippen LogP contribution in [0.3, 0.4) is 0 Å². The van der Waals surface area contributed by atoms with Crippen molar-refractivity contribution in [2.24, 2.45) is 4.99 Å². The summed E-state index contributed by atoms with van der Waals surface area (Å²) in [5, 5.41) is 2.92. The molecule has 1 fully saturated rings. The average Bonchev–Trinajstić information content (AvgIpc) is 2.89. The molecule has 6 heteroatoms. The van der Waals surface area contributed by atoms with Crippen molar-refractivity contribution in [3.8, 4) is 0 Å². The zero-order chi connectivity index (χ0) is 12.3. The van der Waals surface area contributed by atoms with Crippen molar-refractivity contribution in [2.75, 3.05) is 13.1 Å². The minimum atomic E-state index is -0.183. The summed E-state index contributed by atoms with van der Waals surface area (Å²) in [6.45, 7) is 2.62. The third kappa shape index (κ3) is 3.25. The second-order valence-corrected chi connectivity index (χ2v) is 6.76. The van der Waals surface area contributed by atoms with Crippen LogP contribution in [0.15, 0.2) is 22.5 Å². The van der Waals surface area contributed by atoms with E-state index in [0.717, 1.165) is 21.5 Å². The van der Waals surface area contributed by atoms with Gasteiger partial charge in [-0.1, -0.05) is 0 Å². The van der Waals surface area contributed by atoms with Gasteiger partial charge < -0.3 is 0 Å². The van der Waals surface area contributed by atoms with Crippen molar-refractivity contribution in [1.29, 1.82) is 0 Å². The Balaban J connectivity index is 2.03. The summed E-state index contributed by atoms with van der Waals surface area (Å²) in [6, 6.07) is 3.70. The van der Waals surface area contributed by atoms with E-state index >= 15 is 0 Å². The first-order chi connectivity index (χ1) is 8.16. The monoisotopic (exact) mass is 316 g/mol.